The minimum absolute atomic E-state index is 0.0300. The highest BCUT2D eigenvalue weighted by molar-refractivity contribution is 5.81. The standard InChI is InChI=1S/C18H21N3O3/c1-12-16(10-17(22)20-9-8-14(11-20)18(23)24)13(2)21(19-12)15-6-4-3-5-7-15/h3-7,14H,8-11H2,1-2H3,(H,23,24)/t14-/m0/s1. The summed E-state index contributed by atoms with van der Waals surface area (Å²) >= 11 is 0. The lowest BCUT2D eigenvalue weighted by atomic mass is 10.1. The number of rotatable bonds is 4. The minimum atomic E-state index is -0.824. The highest BCUT2D eigenvalue weighted by Crippen LogP contribution is 2.21. The molecule has 0 unspecified atom stereocenters. The van der Waals surface area contributed by atoms with E-state index in [1.54, 1.807) is 4.90 Å². The number of aromatic nitrogens is 2. The Bertz CT molecular complexity index is 767. The molecule has 0 bridgehead atoms. The molecule has 1 amide bonds. The minimum Gasteiger partial charge on any atom is -0.481 e. The summed E-state index contributed by atoms with van der Waals surface area (Å²) in [5.74, 6) is -1.30. The van der Waals surface area contributed by atoms with E-state index >= 15 is 0 Å². The largest absolute Gasteiger partial charge is 0.481 e. The average molecular weight is 327 g/mol. The maximum atomic E-state index is 12.5. The predicted molar refractivity (Wildman–Crippen MR) is 89.1 cm³/mol. The van der Waals surface area contributed by atoms with Gasteiger partial charge in [0.05, 0.1) is 23.7 Å². The van der Waals surface area contributed by atoms with Gasteiger partial charge in [0, 0.05) is 24.3 Å². The number of carbonyl (C=O) groups is 2. The van der Waals surface area contributed by atoms with Gasteiger partial charge in [0.25, 0.3) is 0 Å². The summed E-state index contributed by atoms with van der Waals surface area (Å²) in [6.45, 7) is 4.68. The molecular formula is C18H21N3O3. The second kappa shape index (κ2) is 6.47. The molecule has 1 saturated heterocycles. The maximum Gasteiger partial charge on any atom is 0.308 e. The second-order valence-electron chi connectivity index (χ2n) is 6.24. The molecule has 2 aromatic rings. The highest BCUT2D eigenvalue weighted by atomic mass is 16.4. The normalized spacial score (nSPS) is 17.2. The van der Waals surface area contributed by atoms with Crippen LogP contribution in [0.15, 0.2) is 30.3 Å². The number of benzene rings is 1. The van der Waals surface area contributed by atoms with Crippen LogP contribution in [0, 0.1) is 19.8 Å². The zero-order chi connectivity index (χ0) is 17.3. The number of nitrogens with zero attached hydrogens (tertiary/aromatic N) is 3. The van der Waals surface area contributed by atoms with Gasteiger partial charge in [0.1, 0.15) is 0 Å². The van der Waals surface area contributed by atoms with E-state index in [4.69, 9.17) is 5.11 Å². The van der Waals surface area contributed by atoms with Crippen LogP contribution in [0.3, 0.4) is 0 Å². The molecule has 0 radical (unpaired) electrons. The van der Waals surface area contributed by atoms with Crippen molar-refractivity contribution < 1.29 is 14.7 Å². The lowest BCUT2D eigenvalue weighted by molar-refractivity contribution is -0.141. The summed E-state index contributed by atoms with van der Waals surface area (Å²) in [6.07, 6.45) is 0.791. The number of aryl methyl sites for hydroxylation is 1. The van der Waals surface area contributed by atoms with Gasteiger partial charge in [-0.25, -0.2) is 4.68 Å². The summed E-state index contributed by atoms with van der Waals surface area (Å²) in [5, 5.41) is 13.6. The van der Waals surface area contributed by atoms with Crippen LogP contribution < -0.4 is 0 Å². The van der Waals surface area contributed by atoms with Crippen molar-refractivity contribution in [2.75, 3.05) is 13.1 Å². The summed E-state index contributed by atoms with van der Waals surface area (Å²) in [5.41, 5.74) is 3.66. The van der Waals surface area contributed by atoms with Crippen LogP contribution in [0.1, 0.15) is 23.4 Å². The molecule has 1 atom stereocenters. The van der Waals surface area contributed by atoms with Gasteiger partial charge in [-0.15, -0.1) is 0 Å². The molecule has 6 nitrogen and oxygen atoms in total. The molecule has 0 spiro atoms. The molecular weight excluding hydrogens is 306 g/mol. The van der Waals surface area contributed by atoms with Crippen LogP contribution >= 0.6 is 0 Å². The Morgan fingerprint density at radius 3 is 2.58 bits per heavy atom. The van der Waals surface area contributed by atoms with E-state index in [2.05, 4.69) is 5.10 Å². The van der Waals surface area contributed by atoms with Gasteiger partial charge in [0.2, 0.25) is 5.91 Å². The molecule has 0 aliphatic carbocycles. The third-order valence-electron chi connectivity index (χ3n) is 4.66. The number of carbonyl (C=O) groups excluding carboxylic acids is 1. The van der Waals surface area contributed by atoms with Crippen molar-refractivity contribution in [1.29, 1.82) is 0 Å². The Labute approximate surface area is 140 Å². The number of carboxylic acids is 1. The van der Waals surface area contributed by atoms with E-state index in [1.807, 2.05) is 48.9 Å². The van der Waals surface area contributed by atoms with Crippen molar-refractivity contribution in [3.8, 4) is 5.69 Å². The molecule has 24 heavy (non-hydrogen) atoms. The number of hydrogen-bond donors (Lipinski definition) is 1. The predicted octanol–water partition coefficient (Wildman–Crippen LogP) is 1.96. The first-order chi connectivity index (χ1) is 11.5. The molecule has 1 fully saturated rings. The lowest BCUT2D eigenvalue weighted by Crippen LogP contribution is -2.31. The zero-order valence-electron chi connectivity index (χ0n) is 13.9. The van der Waals surface area contributed by atoms with E-state index in [0.717, 1.165) is 22.6 Å². The first-order valence-corrected chi connectivity index (χ1v) is 8.08. The summed E-state index contributed by atoms with van der Waals surface area (Å²) in [4.78, 5) is 25.2. The van der Waals surface area contributed by atoms with Crippen LogP contribution in [-0.4, -0.2) is 44.8 Å². The number of carboxylic acid groups (broad SMARTS) is 1. The first kappa shape index (κ1) is 16.2. The Morgan fingerprint density at radius 2 is 1.96 bits per heavy atom. The quantitative estimate of drug-likeness (QED) is 0.931. The molecule has 1 N–H and O–H groups in total. The smallest absolute Gasteiger partial charge is 0.308 e. The number of aliphatic carboxylic acids is 1. The van der Waals surface area contributed by atoms with Crippen molar-refractivity contribution in [2.45, 2.75) is 26.7 Å². The fourth-order valence-corrected chi connectivity index (χ4v) is 3.20. The Hall–Kier alpha value is -2.63. The van der Waals surface area contributed by atoms with Crippen molar-refractivity contribution in [3.05, 3.63) is 47.3 Å². The van der Waals surface area contributed by atoms with Gasteiger partial charge in [-0.2, -0.15) is 5.10 Å². The average Bonchev–Trinajstić information content (AvgIpc) is 3.16. The van der Waals surface area contributed by atoms with Crippen LogP contribution in [0.5, 0.6) is 0 Å². The van der Waals surface area contributed by atoms with E-state index in [-0.39, 0.29) is 12.3 Å². The number of para-hydroxylation sites is 1. The Kier molecular flexibility index (Phi) is 4.38. The third kappa shape index (κ3) is 3.04. The lowest BCUT2D eigenvalue weighted by Gasteiger charge is -2.16. The van der Waals surface area contributed by atoms with Gasteiger partial charge in [0.15, 0.2) is 0 Å². The first-order valence-electron chi connectivity index (χ1n) is 8.08. The van der Waals surface area contributed by atoms with E-state index in [9.17, 15) is 9.59 Å². The van der Waals surface area contributed by atoms with Crippen molar-refractivity contribution >= 4 is 11.9 Å². The topological polar surface area (TPSA) is 75.4 Å². The molecule has 0 saturated carbocycles. The highest BCUT2D eigenvalue weighted by Gasteiger charge is 2.31. The monoisotopic (exact) mass is 327 g/mol. The fraction of sp³-hybridized carbons (Fsp3) is 0.389. The van der Waals surface area contributed by atoms with Crippen LogP contribution in [0.4, 0.5) is 0 Å². The van der Waals surface area contributed by atoms with Crippen molar-refractivity contribution in [1.82, 2.24) is 14.7 Å². The summed E-state index contributed by atoms with van der Waals surface area (Å²) in [6, 6.07) is 9.80. The van der Waals surface area contributed by atoms with Gasteiger partial charge in [-0.05, 0) is 32.4 Å². The van der Waals surface area contributed by atoms with E-state index in [0.29, 0.717) is 19.5 Å². The third-order valence-corrected chi connectivity index (χ3v) is 4.66. The van der Waals surface area contributed by atoms with E-state index < -0.39 is 11.9 Å². The zero-order valence-corrected chi connectivity index (χ0v) is 13.9. The molecule has 1 aliphatic rings. The number of likely N-dealkylation sites (tertiary alicyclic amines) is 1. The summed E-state index contributed by atoms with van der Waals surface area (Å²) in [7, 11) is 0. The SMILES string of the molecule is Cc1nn(-c2ccccc2)c(C)c1CC(=O)N1CC[C@H](C(=O)O)C1. The van der Waals surface area contributed by atoms with Crippen molar-refractivity contribution in [3.63, 3.8) is 0 Å². The van der Waals surface area contributed by atoms with Crippen LogP contribution in [0.2, 0.25) is 0 Å². The van der Waals surface area contributed by atoms with Gasteiger partial charge >= 0.3 is 5.97 Å². The molecule has 1 aromatic heterocycles. The van der Waals surface area contributed by atoms with Crippen LogP contribution in [-0.2, 0) is 16.0 Å². The van der Waals surface area contributed by atoms with Crippen LogP contribution in [0.25, 0.3) is 5.69 Å². The molecule has 126 valence electrons. The van der Waals surface area contributed by atoms with Gasteiger partial charge in [-0.1, -0.05) is 18.2 Å². The number of amides is 1. The Balaban J connectivity index is 1.78. The molecule has 1 aromatic carbocycles. The van der Waals surface area contributed by atoms with Gasteiger partial charge < -0.3 is 10.0 Å². The second-order valence-corrected chi connectivity index (χ2v) is 6.24. The maximum absolute atomic E-state index is 12.5. The molecule has 3 rings (SSSR count). The fourth-order valence-electron chi connectivity index (χ4n) is 3.20. The van der Waals surface area contributed by atoms with Crippen molar-refractivity contribution in [2.24, 2.45) is 5.92 Å². The molecule has 2 heterocycles. The molecule has 1 aliphatic heterocycles. The molecule has 6 heteroatoms. The summed E-state index contributed by atoms with van der Waals surface area (Å²) < 4.78 is 1.85. The van der Waals surface area contributed by atoms with Gasteiger partial charge in [-0.3, -0.25) is 9.59 Å². The Morgan fingerprint density at radius 1 is 1.25 bits per heavy atom. The van der Waals surface area contributed by atoms with E-state index in [1.165, 1.54) is 0 Å². The number of hydrogen-bond acceptors (Lipinski definition) is 3.